The van der Waals surface area contributed by atoms with Crippen molar-refractivity contribution in [3.05, 3.63) is 23.3 Å². The van der Waals surface area contributed by atoms with Crippen LogP contribution in [0.15, 0.2) is 12.1 Å². The Morgan fingerprint density at radius 1 is 1.17 bits per heavy atom. The number of hydrogen-bond acceptors (Lipinski definition) is 2. The maximum absolute atomic E-state index is 12.4. The Kier molecular flexibility index (Phi) is 4.90. The minimum absolute atomic E-state index is 0.421. The summed E-state index contributed by atoms with van der Waals surface area (Å²) in [7, 11) is 2.93. The largest absolute Gasteiger partial charge is 0.493 e. The van der Waals surface area contributed by atoms with Crippen molar-refractivity contribution in [2.24, 2.45) is 0 Å². The first-order valence-electron chi connectivity index (χ1n) is 5.22. The maximum atomic E-state index is 12.4. The van der Waals surface area contributed by atoms with E-state index in [1.54, 1.807) is 19.1 Å². The third-order valence-corrected chi connectivity index (χ3v) is 3.34. The van der Waals surface area contributed by atoms with Crippen molar-refractivity contribution in [1.82, 2.24) is 0 Å². The van der Waals surface area contributed by atoms with Gasteiger partial charge >= 0.3 is 6.18 Å². The highest BCUT2D eigenvalue weighted by atomic mass is 79.9. The molecule has 0 saturated carbocycles. The monoisotopic (exact) mass is 326 g/mol. The highest BCUT2D eigenvalue weighted by Crippen LogP contribution is 2.40. The van der Waals surface area contributed by atoms with E-state index in [0.717, 1.165) is 5.56 Å². The molecule has 0 aliphatic carbocycles. The maximum Gasteiger partial charge on any atom is 0.390 e. The number of rotatable bonds is 4. The topological polar surface area (TPSA) is 18.5 Å². The molecule has 0 aromatic heterocycles. The van der Waals surface area contributed by atoms with E-state index in [1.165, 1.54) is 14.2 Å². The van der Waals surface area contributed by atoms with Crippen LogP contribution in [-0.2, 0) is 0 Å². The second-order valence-corrected chi connectivity index (χ2v) is 4.96. The van der Waals surface area contributed by atoms with Crippen LogP contribution in [0.1, 0.15) is 22.4 Å². The van der Waals surface area contributed by atoms with Gasteiger partial charge in [-0.05, 0) is 30.2 Å². The van der Waals surface area contributed by atoms with Crippen LogP contribution >= 0.6 is 15.9 Å². The molecule has 18 heavy (non-hydrogen) atoms. The van der Waals surface area contributed by atoms with Gasteiger partial charge in [-0.15, -0.1) is 0 Å². The Labute approximate surface area is 112 Å². The molecule has 1 aromatic carbocycles. The molecule has 0 radical (unpaired) electrons. The number of ether oxygens (including phenoxy) is 2. The molecule has 1 unspecified atom stereocenters. The van der Waals surface area contributed by atoms with E-state index in [2.05, 4.69) is 15.9 Å². The van der Waals surface area contributed by atoms with E-state index >= 15 is 0 Å². The first kappa shape index (κ1) is 15.1. The van der Waals surface area contributed by atoms with Gasteiger partial charge in [-0.3, -0.25) is 0 Å². The van der Waals surface area contributed by atoms with Crippen molar-refractivity contribution in [3.8, 4) is 11.5 Å². The van der Waals surface area contributed by atoms with Crippen LogP contribution in [0.25, 0.3) is 0 Å². The minimum atomic E-state index is -4.21. The Morgan fingerprint density at radius 3 is 2.11 bits per heavy atom. The van der Waals surface area contributed by atoms with Crippen LogP contribution in [0.2, 0.25) is 0 Å². The molecular formula is C12H14BrF3O2. The van der Waals surface area contributed by atoms with Gasteiger partial charge < -0.3 is 9.47 Å². The number of halogens is 4. The van der Waals surface area contributed by atoms with Gasteiger partial charge in [-0.1, -0.05) is 15.9 Å². The van der Waals surface area contributed by atoms with Crippen LogP contribution in [0, 0.1) is 6.92 Å². The van der Waals surface area contributed by atoms with E-state index in [9.17, 15) is 13.2 Å². The van der Waals surface area contributed by atoms with Gasteiger partial charge in [0.1, 0.15) is 0 Å². The molecule has 6 heteroatoms. The minimum Gasteiger partial charge on any atom is -0.493 e. The third-order valence-electron chi connectivity index (χ3n) is 2.52. The summed E-state index contributed by atoms with van der Waals surface area (Å²) in [6, 6.07) is 3.23. The van der Waals surface area contributed by atoms with E-state index in [0.29, 0.717) is 17.1 Å². The van der Waals surface area contributed by atoms with E-state index in [-0.39, 0.29) is 0 Å². The van der Waals surface area contributed by atoms with Crippen LogP contribution in [-0.4, -0.2) is 20.4 Å². The standard InChI is InChI=1S/C12H14BrF3O2/c1-7-4-10(17-2)11(18-3)5-8(7)9(13)6-12(14,15)16/h4-5,9H,6H2,1-3H3. The Balaban J connectivity index is 3.09. The van der Waals surface area contributed by atoms with Crippen LogP contribution in [0.4, 0.5) is 13.2 Å². The summed E-state index contributed by atoms with van der Waals surface area (Å²) in [4.78, 5) is -0.794. The molecule has 2 nitrogen and oxygen atoms in total. The number of methoxy groups -OCH3 is 2. The predicted molar refractivity (Wildman–Crippen MR) is 66.6 cm³/mol. The summed E-state index contributed by atoms with van der Waals surface area (Å²) in [5, 5.41) is 0. The summed E-state index contributed by atoms with van der Waals surface area (Å²) in [5.41, 5.74) is 1.27. The zero-order valence-electron chi connectivity index (χ0n) is 10.3. The van der Waals surface area contributed by atoms with Gasteiger partial charge in [0.25, 0.3) is 0 Å². The molecule has 0 N–H and O–H groups in total. The fourth-order valence-corrected chi connectivity index (χ4v) is 2.51. The Hall–Kier alpha value is -0.910. The van der Waals surface area contributed by atoms with Crippen LogP contribution in [0.3, 0.4) is 0 Å². The normalized spacial score (nSPS) is 13.3. The molecule has 102 valence electrons. The fraction of sp³-hybridized carbons (Fsp3) is 0.500. The highest BCUT2D eigenvalue weighted by Gasteiger charge is 2.32. The fourth-order valence-electron chi connectivity index (χ4n) is 1.65. The molecule has 0 saturated heterocycles. The second-order valence-electron chi connectivity index (χ2n) is 3.85. The summed E-state index contributed by atoms with van der Waals surface area (Å²) in [6.45, 7) is 1.74. The molecule has 0 bridgehead atoms. The number of benzene rings is 1. The van der Waals surface area contributed by atoms with Crippen LogP contribution < -0.4 is 9.47 Å². The van der Waals surface area contributed by atoms with E-state index in [1.807, 2.05) is 0 Å². The zero-order chi connectivity index (χ0) is 13.9. The molecule has 1 atom stereocenters. The average molecular weight is 327 g/mol. The van der Waals surface area contributed by atoms with Crippen molar-refractivity contribution < 1.29 is 22.6 Å². The third kappa shape index (κ3) is 3.80. The van der Waals surface area contributed by atoms with Gasteiger partial charge in [-0.2, -0.15) is 13.2 Å². The summed E-state index contributed by atoms with van der Waals surface area (Å²) < 4.78 is 47.3. The molecule has 0 aliphatic heterocycles. The van der Waals surface area contributed by atoms with Crippen molar-refractivity contribution in [1.29, 1.82) is 0 Å². The lowest BCUT2D eigenvalue weighted by Gasteiger charge is -2.17. The molecular weight excluding hydrogens is 313 g/mol. The van der Waals surface area contributed by atoms with Gasteiger partial charge in [0.2, 0.25) is 0 Å². The summed E-state index contributed by atoms with van der Waals surface area (Å²) in [5.74, 6) is 0.926. The van der Waals surface area contributed by atoms with Crippen molar-refractivity contribution in [3.63, 3.8) is 0 Å². The molecule has 0 fully saturated rings. The first-order chi connectivity index (χ1) is 8.28. The van der Waals surface area contributed by atoms with Gasteiger partial charge in [0, 0.05) is 4.83 Å². The quantitative estimate of drug-likeness (QED) is 0.763. The summed E-state index contributed by atoms with van der Waals surface area (Å²) in [6.07, 6.45) is -5.14. The molecule has 0 aliphatic rings. The highest BCUT2D eigenvalue weighted by molar-refractivity contribution is 9.09. The molecule has 0 heterocycles. The SMILES string of the molecule is COc1cc(C)c(C(Br)CC(F)(F)F)cc1OC. The average Bonchev–Trinajstić information content (AvgIpc) is 2.26. The predicted octanol–water partition coefficient (Wildman–Crippen LogP) is 4.40. The second kappa shape index (κ2) is 5.82. The number of alkyl halides is 4. The first-order valence-corrected chi connectivity index (χ1v) is 6.13. The van der Waals surface area contributed by atoms with Crippen LogP contribution in [0.5, 0.6) is 11.5 Å². The van der Waals surface area contributed by atoms with Gasteiger partial charge in [0.15, 0.2) is 11.5 Å². The van der Waals surface area contributed by atoms with Crippen molar-refractivity contribution in [2.75, 3.05) is 14.2 Å². The molecule has 1 rings (SSSR count). The summed E-state index contributed by atoms with van der Waals surface area (Å²) >= 11 is 3.07. The zero-order valence-corrected chi connectivity index (χ0v) is 11.9. The Bertz CT molecular complexity index is 419. The molecule has 1 aromatic rings. The lowest BCUT2D eigenvalue weighted by molar-refractivity contribution is -0.134. The van der Waals surface area contributed by atoms with Gasteiger partial charge in [-0.25, -0.2) is 0 Å². The molecule has 0 spiro atoms. The van der Waals surface area contributed by atoms with Gasteiger partial charge in [0.05, 0.1) is 20.6 Å². The lowest BCUT2D eigenvalue weighted by atomic mass is 10.0. The van der Waals surface area contributed by atoms with Crippen molar-refractivity contribution >= 4 is 15.9 Å². The Morgan fingerprint density at radius 2 is 1.67 bits per heavy atom. The molecule has 0 amide bonds. The lowest BCUT2D eigenvalue weighted by Crippen LogP contribution is -2.11. The smallest absolute Gasteiger partial charge is 0.390 e. The van der Waals surface area contributed by atoms with Crippen molar-refractivity contribution in [2.45, 2.75) is 24.3 Å². The number of hydrogen-bond donors (Lipinski definition) is 0. The van der Waals surface area contributed by atoms with E-state index < -0.39 is 17.4 Å². The van der Waals surface area contributed by atoms with E-state index in [4.69, 9.17) is 9.47 Å². The number of aryl methyl sites for hydroxylation is 1.